The Labute approximate surface area is 106 Å². The van der Waals surface area contributed by atoms with Gasteiger partial charge in [-0.1, -0.05) is 0 Å². The van der Waals surface area contributed by atoms with Crippen LogP contribution in [-0.4, -0.2) is 12.1 Å². The topological polar surface area (TPSA) is 57.9 Å². The summed E-state index contributed by atoms with van der Waals surface area (Å²) in [5.74, 6) is 0.707. The van der Waals surface area contributed by atoms with E-state index in [4.69, 9.17) is 10.00 Å². The summed E-state index contributed by atoms with van der Waals surface area (Å²) in [7, 11) is 1.60. The van der Waals surface area contributed by atoms with Crippen molar-refractivity contribution in [3.63, 3.8) is 0 Å². The van der Waals surface area contributed by atoms with Gasteiger partial charge in [0.25, 0.3) is 0 Å². The third-order valence-corrected chi connectivity index (χ3v) is 2.66. The normalized spacial score (nSPS) is 9.61. The van der Waals surface area contributed by atoms with Gasteiger partial charge in [0.2, 0.25) is 0 Å². The molecule has 0 radical (unpaired) electrons. The fourth-order valence-corrected chi connectivity index (χ4v) is 1.59. The molecule has 0 fully saturated rings. The van der Waals surface area contributed by atoms with E-state index >= 15 is 0 Å². The Morgan fingerprint density at radius 2 is 2.11 bits per heavy atom. The molecule has 0 unspecified atom stereocenters. The molecule has 0 spiro atoms. The summed E-state index contributed by atoms with van der Waals surface area (Å²) in [4.78, 5) is 4.06. The van der Waals surface area contributed by atoms with Crippen LogP contribution in [-0.2, 0) is 0 Å². The number of benzene rings is 1. The number of ether oxygens (including phenoxy) is 1. The second-order valence-electron chi connectivity index (χ2n) is 3.84. The number of aromatic nitrogens is 1. The van der Waals surface area contributed by atoms with Crippen LogP contribution < -0.4 is 10.1 Å². The van der Waals surface area contributed by atoms with Crippen molar-refractivity contribution in [2.75, 3.05) is 12.4 Å². The summed E-state index contributed by atoms with van der Waals surface area (Å²) in [6.45, 7) is 1.98. The lowest BCUT2D eigenvalue weighted by Crippen LogP contribution is -1.97. The van der Waals surface area contributed by atoms with Crippen LogP contribution >= 0.6 is 0 Å². The zero-order chi connectivity index (χ0) is 13.0. The molecule has 0 bridgehead atoms. The zero-order valence-corrected chi connectivity index (χ0v) is 10.3. The van der Waals surface area contributed by atoms with E-state index in [9.17, 15) is 0 Å². The summed E-state index contributed by atoms with van der Waals surface area (Å²) >= 11 is 0. The van der Waals surface area contributed by atoms with Gasteiger partial charge in [-0.2, -0.15) is 5.26 Å². The second-order valence-corrected chi connectivity index (χ2v) is 3.84. The molecule has 1 heterocycles. The van der Waals surface area contributed by atoms with Gasteiger partial charge in [-0.25, -0.2) is 0 Å². The molecule has 0 aliphatic rings. The minimum Gasteiger partial charge on any atom is -0.497 e. The van der Waals surface area contributed by atoms with Crippen LogP contribution in [0, 0.1) is 18.3 Å². The summed E-state index contributed by atoms with van der Waals surface area (Å²) < 4.78 is 5.16. The quantitative estimate of drug-likeness (QED) is 0.894. The van der Waals surface area contributed by atoms with Gasteiger partial charge in [-0.05, 0) is 30.7 Å². The number of nitriles is 1. The van der Waals surface area contributed by atoms with Crippen LogP contribution in [0.25, 0.3) is 0 Å². The third-order valence-electron chi connectivity index (χ3n) is 2.66. The molecule has 0 aliphatic heterocycles. The minimum absolute atomic E-state index is 0.569. The summed E-state index contributed by atoms with van der Waals surface area (Å²) in [6.07, 6.45) is 3.47. The van der Waals surface area contributed by atoms with Crippen molar-refractivity contribution < 1.29 is 4.74 Å². The SMILES string of the molecule is COc1ccc(C#N)c(Nc2cnccc2C)c1. The number of hydrogen-bond acceptors (Lipinski definition) is 4. The molecule has 1 aromatic heterocycles. The van der Waals surface area contributed by atoms with Gasteiger partial charge in [0.1, 0.15) is 11.8 Å². The molecule has 0 amide bonds. The Balaban J connectivity index is 2.39. The summed E-state index contributed by atoms with van der Waals surface area (Å²) in [5, 5.41) is 12.3. The third kappa shape index (κ3) is 2.41. The van der Waals surface area contributed by atoms with Crippen molar-refractivity contribution >= 4 is 11.4 Å². The van der Waals surface area contributed by atoms with E-state index in [1.54, 1.807) is 37.7 Å². The molecule has 2 aromatic rings. The molecule has 2 rings (SSSR count). The molecule has 4 heteroatoms. The monoisotopic (exact) mass is 239 g/mol. The Hall–Kier alpha value is -2.54. The number of aryl methyl sites for hydroxylation is 1. The largest absolute Gasteiger partial charge is 0.497 e. The van der Waals surface area contributed by atoms with Gasteiger partial charge < -0.3 is 10.1 Å². The summed E-state index contributed by atoms with van der Waals surface area (Å²) in [5.41, 5.74) is 3.23. The molecule has 0 saturated heterocycles. The first-order valence-electron chi connectivity index (χ1n) is 5.50. The van der Waals surface area contributed by atoms with Gasteiger partial charge in [-0.3, -0.25) is 4.98 Å². The Kier molecular flexibility index (Phi) is 3.44. The zero-order valence-electron chi connectivity index (χ0n) is 10.3. The number of hydrogen-bond donors (Lipinski definition) is 1. The Morgan fingerprint density at radius 1 is 1.28 bits per heavy atom. The highest BCUT2D eigenvalue weighted by Gasteiger charge is 2.06. The smallest absolute Gasteiger partial charge is 0.121 e. The van der Waals surface area contributed by atoms with E-state index in [1.807, 2.05) is 13.0 Å². The Morgan fingerprint density at radius 3 is 2.78 bits per heavy atom. The van der Waals surface area contributed by atoms with E-state index in [-0.39, 0.29) is 0 Å². The van der Waals surface area contributed by atoms with Crippen molar-refractivity contribution in [3.05, 3.63) is 47.8 Å². The van der Waals surface area contributed by atoms with Crippen LogP contribution in [0.2, 0.25) is 0 Å². The van der Waals surface area contributed by atoms with Gasteiger partial charge in [-0.15, -0.1) is 0 Å². The van der Waals surface area contributed by atoms with Crippen LogP contribution in [0.1, 0.15) is 11.1 Å². The molecule has 0 saturated carbocycles. The van der Waals surface area contributed by atoms with Crippen molar-refractivity contribution in [2.45, 2.75) is 6.92 Å². The van der Waals surface area contributed by atoms with E-state index in [1.165, 1.54) is 0 Å². The van der Waals surface area contributed by atoms with Crippen molar-refractivity contribution in [3.8, 4) is 11.8 Å². The summed E-state index contributed by atoms with van der Waals surface area (Å²) in [6, 6.07) is 9.35. The lowest BCUT2D eigenvalue weighted by atomic mass is 10.1. The molecule has 18 heavy (non-hydrogen) atoms. The van der Waals surface area contributed by atoms with Crippen molar-refractivity contribution in [2.24, 2.45) is 0 Å². The Bertz CT molecular complexity index is 602. The number of rotatable bonds is 3. The van der Waals surface area contributed by atoms with Crippen LogP contribution in [0.4, 0.5) is 11.4 Å². The fraction of sp³-hybridized carbons (Fsp3) is 0.143. The average molecular weight is 239 g/mol. The first kappa shape index (κ1) is 11.9. The lowest BCUT2D eigenvalue weighted by Gasteiger charge is -2.11. The van der Waals surface area contributed by atoms with Gasteiger partial charge >= 0.3 is 0 Å². The number of methoxy groups -OCH3 is 1. The number of nitrogens with one attached hydrogen (secondary N) is 1. The predicted octanol–water partition coefficient (Wildman–Crippen LogP) is 3.01. The van der Waals surface area contributed by atoms with E-state index < -0.39 is 0 Å². The number of pyridine rings is 1. The average Bonchev–Trinajstić information content (AvgIpc) is 2.41. The second kappa shape index (κ2) is 5.19. The minimum atomic E-state index is 0.569. The molecule has 0 aliphatic carbocycles. The highest BCUT2D eigenvalue weighted by molar-refractivity contribution is 5.69. The van der Waals surface area contributed by atoms with Crippen molar-refractivity contribution in [1.82, 2.24) is 4.98 Å². The predicted molar refractivity (Wildman–Crippen MR) is 70.0 cm³/mol. The molecule has 90 valence electrons. The van der Waals surface area contributed by atoms with Crippen LogP contribution in [0.15, 0.2) is 36.7 Å². The number of nitrogens with zero attached hydrogens (tertiary/aromatic N) is 2. The molecule has 1 aromatic carbocycles. The molecule has 1 N–H and O–H groups in total. The van der Waals surface area contributed by atoms with Crippen LogP contribution in [0.5, 0.6) is 5.75 Å². The maximum Gasteiger partial charge on any atom is 0.121 e. The van der Waals surface area contributed by atoms with Crippen molar-refractivity contribution in [1.29, 1.82) is 5.26 Å². The van der Waals surface area contributed by atoms with Crippen LogP contribution in [0.3, 0.4) is 0 Å². The van der Waals surface area contributed by atoms with E-state index in [0.29, 0.717) is 17.0 Å². The van der Waals surface area contributed by atoms with E-state index in [0.717, 1.165) is 11.3 Å². The first-order valence-corrected chi connectivity index (χ1v) is 5.50. The highest BCUT2D eigenvalue weighted by atomic mass is 16.5. The lowest BCUT2D eigenvalue weighted by molar-refractivity contribution is 0.415. The number of anilines is 2. The molecular weight excluding hydrogens is 226 g/mol. The highest BCUT2D eigenvalue weighted by Crippen LogP contribution is 2.26. The maximum atomic E-state index is 9.08. The fourth-order valence-electron chi connectivity index (χ4n) is 1.59. The standard InChI is InChI=1S/C14H13N3O/c1-10-5-6-16-9-14(10)17-13-7-12(18-2)4-3-11(13)8-15/h3-7,9,17H,1-2H3. The molecule has 0 atom stereocenters. The molecular formula is C14H13N3O. The first-order chi connectivity index (χ1) is 8.74. The maximum absolute atomic E-state index is 9.08. The molecule has 4 nitrogen and oxygen atoms in total. The van der Waals surface area contributed by atoms with E-state index in [2.05, 4.69) is 16.4 Å². The van der Waals surface area contributed by atoms with Gasteiger partial charge in [0, 0.05) is 12.3 Å². The van der Waals surface area contributed by atoms with Gasteiger partial charge in [0.15, 0.2) is 0 Å². The van der Waals surface area contributed by atoms with Gasteiger partial charge in [0.05, 0.1) is 30.2 Å².